The van der Waals surface area contributed by atoms with E-state index in [2.05, 4.69) is 62.5 Å². The summed E-state index contributed by atoms with van der Waals surface area (Å²) in [5.74, 6) is -0.510. The Balaban J connectivity index is 5.25. The van der Waals surface area contributed by atoms with E-state index in [0.717, 1.165) is 70.6 Å². The molecule has 0 radical (unpaired) electrons. The number of rotatable bonds is 54. The lowest BCUT2D eigenvalue weighted by Gasteiger charge is -2.27. The molecule has 0 aliphatic carbocycles. The zero-order chi connectivity index (χ0) is 52.2. The number of amides is 1. The van der Waals surface area contributed by atoms with E-state index in [9.17, 15) is 19.0 Å². The molecule has 3 atom stereocenters. The van der Waals surface area contributed by atoms with Gasteiger partial charge in [0.05, 0.1) is 33.8 Å². The third kappa shape index (κ3) is 52.6. The number of carbonyl (C=O) groups excluding carboxylic acids is 2. The van der Waals surface area contributed by atoms with E-state index in [-0.39, 0.29) is 31.5 Å². The Morgan fingerprint density at radius 3 is 1.32 bits per heavy atom. The summed E-state index contributed by atoms with van der Waals surface area (Å²) in [6.07, 6.45) is 62.4. The van der Waals surface area contributed by atoms with E-state index in [4.69, 9.17) is 13.8 Å². The Labute approximate surface area is 439 Å². The highest BCUT2D eigenvalue weighted by Crippen LogP contribution is 2.43. The molecule has 2 N–H and O–H groups in total. The number of phosphoric acid groups is 1. The Bertz CT molecular complexity index is 1360. The molecule has 0 rings (SSSR count). The molecule has 3 unspecified atom stereocenters. The molecular formula is C61H116N2O7P+. The maximum absolute atomic E-state index is 13.5. The lowest BCUT2D eigenvalue weighted by molar-refractivity contribution is -0.870. The maximum atomic E-state index is 13.5. The normalized spacial score (nSPS) is 14.1. The van der Waals surface area contributed by atoms with Crippen LogP contribution in [0.4, 0.5) is 0 Å². The van der Waals surface area contributed by atoms with Crippen LogP contribution in [0.25, 0.3) is 0 Å². The second-order valence-electron chi connectivity index (χ2n) is 21.5. The van der Waals surface area contributed by atoms with Crippen molar-refractivity contribution in [3.05, 3.63) is 48.6 Å². The fourth-order valence-corrected chi connectivity index (χ4v) is 9.29. The number of quaternary nitrogens is 1. The van der Waals surface area contributed by atoms with E-state index in [1.54, 1.807) is 0 Å². The number of hydrogen-bond donors (Lipinski definition) is 2. The van der Waals surface area contributed by atoms with Crippen molar-refractivity contribution in [3.63, 3.8) is 0 Å². The van der Waals surface area contributed by atoms with E-state index in [1.165, 1.54) is 173 Å². The fourth-order valence-electron chi connectivity index (χ4n) is 8.55. The third-order valence-corrected chi connectivity index (χ3v) is 14.2. The summed E-state index contributed by atoms with van der Waals surface area (Å²) in [4.78, 5) is 37.6. The average Bonchev–Trinajstić information content (AvgIpc) is 3.33. The molecule has 1 amide bonds. The quantitative estimate of drug-likeness (QED) is 0.0205. The highest BCUT2D eigenvalue weighted by molar-refractivity contribution is 7.47. The fraction of sp³-hybridized carbons (Fsp3) is 0.836. The van der Waals surface area contributed by atoms with Crippen LogP contribution in [0.5, 0.6) is 0 Å². The summed E-state index contributed by atoms with van der Waals surface area (Å²) in [5, 5.41) is 3.05. The van der Waals surface area contributed by atoms with Crippen LogP contribution in [0.1, 0.15) is 278 Å². The lowest BCUT2D eigenvalue weighted by atomic mass is 10.0. The zero-order valence-electron chi connectivity index (χ0n) is 47.5. The van der Waals surface area contributed by atoms with Gasteiger partial charge in [-0.05, 0) is 89.5 Å². The Morgan fingerprint density at radius 2 is 0.859 bits per heavy atom. The number of esters is 1. The van der Waals surface area contributed by atoms with Crippen LogP contribution in [-0.4, -0.2) is 74.3 Å². The Kier molecular flexibility index (Phi) is 50.0. The molecule has 0 heterocycles. The van der Waals surface area contributed by atoms with Gasteiger partial charge in [-0.1, -0.05) is 224 Å². The van der Waals surface area contributed by atoms with Crippen LogP contribution >= 0.6 is 7.82 Å². The number of phosphoric ester groups is 1. The van der Waals surface area contributed by atoms with Crippen LogP contribution in [-0.2, 0) is 27.9 Å². The molecule has 10 heteroatoms. The predicted molar refractivity (Wildman–Crippen MR) is 305 cm³/mol. The SMILES string of the molecule is CCCCC/C=C\C/C=C\CCCCCCCCCCCC(=O)NC(COP(=O)(O)OCC[N+](C)(C)C)C(/C=C\CCCCCCCCCCC)OC(=O)CCCCCCCCC/C=C\CCCCCC. The number of allylic oxidation sites excluding steroid dienone is 7. The number of ether oxygens (including phenoxy) is 1. The highest BCUT2D eigenvalue weighted by atomic mass is 31.2. The van der Waals surface area contributed by atoms with Crippen molar-refractivity contribution < 1.29 is 37.3 Å². The summed E-state index contributed by atoms with van der Waals surface area (Å²) >= 11 is 0. The molecule has 0 saturated heterocycles. The largest absolute Gasteiger partial charge is 0.472 e. The molecule has 0 fully saturated rings. The maximum Gasteiger partial charge on any atom is 0.472 e. The number of unbranched alkanes of at least 4 members (excludes halogenated alkanes) is 32. The Hall–Kier alpha value is -2.03. The van der Waals surface area contributed by atoms with Gasteiger partial charge in [0.15, 0.2) is 0 Å². The minimum atomic E-state index is -4.44. The molecule has 0 spiro atoms. The molecule has 0 aliphatic heterocycles. The van der Waals surface area contributed by atoms with Gasteiger partial charge < -0.3 is 19.4 Å². The summed E-state index contributed by atoms with van der Waals surface area (Å²) in [7, 11) is 1.49. The van der Waals surface area contributed by atoms with Crippen molar-refractivity contribution in [2.75, 3.05) is 40.9 Å². The summed E-state index contributed by atoms with van der Waals surface area (Å²) in [5.41, 5.74) is 0. The van der Waals surface area contributed by atoms with E-state index in [1.807, 2.05) is 33.3 Å². The highest BCUT2D eigenvalue weighted by Gasteiger charge is 2.30. The topological polar surface area (TPSA) is 111 Å². The second-order valence-corrected chi connectivity index (χ2v) is 23.0. The van der Waals surface area contributed by atoms with Crippen molar-refractivity contribution in [2.24, 2.45) is 0 Å². The van der Waals surface area contributed by atoms with Crippen LogP contribution < -0.4 is 5.32 Å². The molecule has 416 valence electrons. The van der Waals surface area contributed by atoms with E-state index in [0.29, 0.717) is 17.4 Å². The summed E-state index contributed by atoms with van der Waals surface area (Å²) in [6.45, 7) is 6.98. The van der Waals surface area contributed by atoms with Crippen molar-refractivity contribution in [1.82, 2.24) is 5.32 Å². The predicted octanol–water partition coefficient (Wildman–Crippen LogP) is 18.1. The van der Waals surface area contributed by atoms with Gasteiger partial charge in [-0.2, -0.15) is 0 Å². The molecule has 9 nitrogen and oxygen atoms in total. The summed E-state index contributed by atoms with van der Waals surface area (Å²) < 4.78 is 30.6. The van der Waals surface area contributed by atoms with Crippen molar-refractivity contribution >= 4 is 19.7 Å². The molecule has 0 aliphatic rings. The number of likely N-dealkylation sites (N-methyl/N-ethyl adjacent to an activating group) is 1. The molecule has 0 bridgehead atoms. The number of nitrogens with zero attached hydrogens (tertiary/aromatic N) is 1. The van der Waals surface area contributed by atoms with Gasteiger partial charge in [0, 0.05) is 12.8 Å². The van der Waals surface area contributed by atoms with Crippen LogP contribution in [0.3, 0.4) is 0 Å². The first-order valence-corrected chi connectivity index (χ1v) is 31.5. The first-order chi connectivity index (χ1) is 34.4. The van der Waals surface area contributed by atoms with Crippen LogP contribution in [0, 0.1) is 0 Å². The summed E-state index contributed by atoms with van der Waals surface area (Å²) in [6, 6.07) is -0.850. The standard InChI is InChI=1S/C61H115N2O7P/c1-7-10-13-16-19-22-25-27-29-30-31-32-34-35-38-41-44-47-50-53-60(64)62-58(57-69-71(66,67)68-56-55-63(4,5)6)59(52-49-46-43-40-37-24-21-18-15-12-9-3)70-61(65)54-51-48-45-42-39-36-33-28-26-23-20-17-14-11-8-2/h19,22-23,26-27,29,49,52,58-59H,7-18,20-21,24-25,28,30-48,50-51,53-57H2,1-6H3,(H-,62,64,66,67)/p+1/b22-19-,26-23-,29-27-,52-49-. The third-order valence-electron chi connectivity index (χ3n) is 13.2. The minimum absolute atomic E-state index is 0.0388. The monoisotopic (exact) mass is 1020 g/mol. The number of carbonyl (C=O) groups is 2. The smallest absolute Gasteiger partial charge is 0.456 e. The molecule has 0 aromatic rings. The molecule has 71 heavy (non-hydrogen) atoms. The first-order valence-electron chi connectivity index (χ1n) is 30.0. The second kappa shape index (κ2) is 51.5. The van der Waals surface area contributed by atoms with Gasteiger partial charge in [-0.3, -0.25) is 18.6 Å². The number of hydrogen-bond acceptors (Lipinski definition) is 6. The Morgan fingerprint density at radius 1 is 0.493 bits per heavy atom. The molecule has 0 aromatic carbocycles. The van der Waals surface area contributed by atoms with Crippen LogP contribution in [0.2, 0.25) is 0 Å². The van der Waals surface area contributed by atoms with Gasteiger partial charge in [-0.25, -0.2) is 4.57 Å². The van der Waals surface area contributed by atoms with Crippen molar-refractivity contribution in [1.29, 1.82) is 0 Å². The van der Waals surface area contributed by atoms with Gasteiger partial charge in [0.2, 0.25) is 5.91 Å². The zero-order valence-corrected chi connectivity index (χ0v) is 48.4. The van der Waals surface area contributed by atoms with Gasteiger partial charge in [0.1, 0.15) is 19.3 Å². The molecular weight excluding hydrogens is 904 g/mol. The van der Waals surface area contributed by atoms with Gasteiger partial charge >= 0.3 is 13.8 Å². The molecule has 0 saturated carbocycles. The average molecular weight is 1020 g/mol. The van der Waals surface area contributed by atoms with Gasteiger partial charge in [0.25, 0.3) is 0 Å². The van der Waals surface area contributed by atoms with Crippen molar-refractivity contribution in [2.45, 2.75) is 290 Å². The molecule has 0 aromatic heterocycles. The lowest BCUT2D eigenvalue weighted by Crippen LogP contribution is -2.47. The first kappa shape index (κ1) is 69.0. The van der Waals surface area contributed by atoms with E-state index >= 15 is 0 Å². The van der Waals surface area contributed by atoms with Gasteiger partial charge in [-0.15, -0.1) is 0 Å². The van der Waals surface area contributed by atoms with E-state index < -0.39 is 20.0 Å². The minimum Gasteiger partial charge on any atom is -0.456 e. The van der Waals surface area contributed by atoms with Crippen molar-refractivity contribution in [3.8, 4) is 0 Å². The number of nitrogens with one attached hydrogen (secondary N) is 1. The van der Waals surface area contributed by atoms with Crippen LogP contribution in [0.15, 0.2) is 48.6 Å².